The summed E-state index contributed by atoms with van der Waals surface area (Å²) in [5.74, 6) is 1.68. The first kappa shape index (κ1) is 17.0. The first-order chi connectivity index (χ1) is 11.4. The van der Waals surface area contributed by atoms with E-state index in [9.17, 15) is 9.59 Å². The molecule has 0 unspecified atom stereocenters. The van der Waals surface area contributed by atoms with Crippen molar-refractivity contribution >= 4 is 11.8 Å². The summed E-state index contributed by atoms with van der Waals surface area (Å²) in [7, 11) is 1.64. The molecule has 2 aliphatic rings. The Kier molecular flexibility index (Phi) is 4.42. The molecule has 24 heavy (non-hydrogen) atoms. The lowest BCUT2D eigenvalue weighted by atomic mass is 9.78. The Balaban J connectivity index is 1.76. The summed E-state index contributed by atoms with van der Waals surface area (Å²) in [6.07, 6.45) is 0.809. The number of furan rings is 1. The van der Waals surface area contributed by atoms with E-state index >= 15 is 0 Å². The van der Waals surface area contributed by atoms with Crippen LogP contribution in [0.4, 0.5) is 0 Å². The van der Waals surface area contributed by atoms with Gasteiger partial charge in [0.05, 0.1) is 17.6 Å². The number of methoxy groups -OCH3 is 1. The van der Waals surface area contributed by atoms with Gasteiger partial charge in [-0.1, -0.05) is 6.92 Å². The van der Waals surface area contributed by atoms with E-state index in [0.717, 1.165) is 18.7 Å². The second-order valence-corrected chi connectivity index (χ2v) is 7.10. The number of carbonyl (C=O) groups excluding carboxylic acids is 2. The first-order valence-electron chi connectivity index (χ1n) is 8.53. The highest BCUT2D eigenvalue weighted by Gasteiger charge is 2.55. The lowest BCUT2D eigenvalue weighted by Crippen LogP contribution is -2.41. The topological polar surface area (TPSA) is 63.0 Å². The maximum absolute atomic E-state index is 12.9. The van der Waals surface area contributed by atoms with Crippen LogP contribution in [0.25, 0.3) is 0 Å². The summed E-state index contributed by atoms with van der Waals surface area (Å²) < 4.78 is 10.6. The fourth-order valence-corrected chi connectivity index (χ4v) is 4.11. The van der Waals surface area contributed by atoms with Crippen LogP contribution in [0.1, 0.15) is 35.2 Å². The number of carbonyl (C=O) groups is 2. The number of hydrogen-bond donors (Lipinski definition) is 0. The van der Waals surface area contributed by atoms with Gasteiger partial charge in [-0.25, -0.2) is 0 Å². The first-order valence-corrected chi connectivity index (χ1v) is 8.53. The molecule has 3 rings (SSSR count). The Morgan fingerprint density at radius 2 is 2.21 bits per heavy atom. The number of nitrogens with zero attached hydrogens (tertiary/aromatic N) is 2. The minimum atomic E-state index is -0.434. The van der Waals surface area contributed by atoms with E-state index in [0.29, 0.717) is 37.6 Å². The van der Waals surface area contributed by atoms with Gasteiger partial charge in [-0.05, 0) is 32.3 Å². The molecule has 6 nitrogen and oxygen atoms in total. The van der Waals surface area contributed by atoms with E-state index in [1.54, 1.807) is 13.2 Å². The predicted octanol–water partition coefficient (Wildman–Crippen LogP) is 1.85. The van der Waals surface area contributed by atoms with Crippen LogP contribution in [0, 0.1) is 25.2 Å². The van der Waals surface area contributed by atoms with Gasteiger partial charge in [0.15, 0.2) is 0 Å². The molecule has 2 saturated heterocycles. The number of likely N-dealkylation sites (tertiary alicyclic amines) is 2. The highest BCUT2D eigenvalue weighted by atomic mass is 16.5. The molecule has 132 valence electrons. The average molecular weight is 334 g/mol. The molecule has 3 heterocycles. The molecular weight excluding hydrogens is 308 g/mol. The quantitative estimate of drug-likeness (QED) is 0.843. The van der Waals surface area contributed by atoms with E-state index in [2.05, 4.69) is 6.92 Å². The molecule has 1 spiro atoms. The highest BCUT2D eigenvalue weighted by molar-refractivity contribution is 5.96. The van der Waals surface area contributed by atoms with Crippen LogP contribution in [0.2, 0.25) is 0 Å². The third-order valence-electron chi connectivity index (χ3n) is 5.58. The van der Waals surface area contributed by atoms with Gasteiger partial charge in [-0.15, -0.1) is 0 Å². The van der Waals surface area contributed by atoms with Crippen molar-refractivity contribution in [3.8, 4) is 0 Å². The maximum Gasteiger partial charge on any atom is 0.257 e. The fraction of sp³-hybridized carbons (Fsp3) is 0.667. The normalized spacial score (nSPS) is 26.8. The molecule has 0 saturated carbocycles. The second-order valence-electron chi connectivity index (χ2n) is 7.10. The number of amides is 2. The molecule has 1 aromatic heterocycles. The van der Waals surface area contributed by atoms with E-state index in [4.69, 9.17) is 9.15 Å². The molecule has 1 aromatic rings. The summed E-state index contributed by atoms with van der Waals surface area (Å²) in [6.45, 7) is 8.76. The van der Waals surface area contributed by atoms with Crippen molar-refractivity contribution in [2.24, 2.45) is 11.3 Å². The highest BCUT2D eigenvalue weighted by Crippen LogP contribution is 2.45. The minimum Gasteiger partial charge on any atom is -0.466 e. The van der Waals surface area contributed by atoms with Crippen molar-refractivity contribution in [1.29, 1.82) is 0 Å². The molecule has 2 fully saturated rings. The van der Waals surface area contributed by atoms with E-state index < -0.39 is 5.41 Å². The average Bonchev–Trinajstić information content (AvgIpc) is 3.16. The Bertz CT molecular complexity index is 653. The zero-order valence-electron chi connectivity index (χ0n) is 14.9. The van der Waals surface area contributed by atoms with Crippen molar-refractivity contribution < 1.29 is 18.7 Å². The Labute approximate surface area is 142 Å². The van der Waals surface area contributed by atoms with Gasteiger partial charge in [0.2, 0.25) is 5.91 Å². The molecule has 2 aliphatic heterocycles. The molecule has 0 aliphatic carbocycles. The molecule has 2 atom stereocenters. The lowest BCUT2D eigenvalue weighted by Gasteiger charge is -2.26. The van der Waals surface area contributed by atoms with Crippen molar-refractivity contribution in [2.75, 3.05) is 39.9 Å². The van der Waals surface area contributed by atoms with E-state index in [-0.39, 0.29) is 17.7 Å². The maximum atomic E-state index is 12.9. The van der Waals surface area contributed by atoms with Crippen molar-refractivity contribution in [2.45, 2.75) is 27.2 Å². The van der Waals surface area contributed by atoms with E-state index in [1.165, 1.54) is 0 Å². The zero-order chi connectivity index (χ0) is 17.5. The van der Waals surface area contributed by atoms with Crippen LogP contribution in [0.15, 0.2) is 10.5 Å². The van der Waals surface area contributed by atoms with E-state index in [1.807, 2.05) is 23.6 Å². The summed E-state index contributed by atoms with van der Waals surface area (Å²) in [5.41, 5.74) is 0.175. The van der Waals surface area contributed by atoms with Gasteiger partial charge in [-0.2, -0.15) is 0 Å². The summed E-state index contributed by atoms with van der Waals surface area (Å²) in [4.78, 5) is 29.5. The van der Waals surface area contributed by atoms with Crippen LogP contribution >= 0.6 is 0 Å². The standard InChI is InChI=1S/C18H26N2O4/c1-12-10-20(16(21)15-9-13(2)24-14(15)3)11-18(12)5-6-19(17(18)22)7-8-23-4/h9,12H,5-8,10-11H2,1-4H3/t12-,18-/m0/s1. The van der Waals surface area contributed by atoms with Gasteiger partial charge in [-0.3, -0.25) is 9.59 Å². The van der Waals surface area contributed by atoms with Crippen molar-refractivity contribution in [3.05, 3.63) is 23.2 Å². The summed E-state index contributed by atoms with van der Waals surface area (Å²) in [6, 6.07) is 1.79. The summed E-state index contributed by atoms with van der Waals surface area (Å²) in [5, 5.41) is 0. The Morgan fingerprint density at radius 3 is 2.83 bits per heavy atom. The molecular formula is C18H26N2O4. The van der Waals surface area contributed by atoms with Crippen LogP contribution in [0.5, 0.6) is 0 Å². The largest absolute Gasteiger partial charge is 0.466 e. The third-order valence-corrected chi connectivity index (χ3v) is 5.58. The fourth-order valence-electron chi connectivity index (χ4n) is 4.11. The molecule has 0 N–H and O–H groups in total. The van der Waals surface area contributed by atoms with Crippen molar-refractivity contribution in [3.63, 3.8) is 0 Å². The molecule has 0 bridgehead atoms. The molecule has 0 aromatic carbocycles. The zero-order valence-corrected chi connectivity index (χ0v) is 14.9. The molecule has 0 radical (unpaired) electrons. The number of ether oxygens (including phenoxy) is 1. The third kappa shape index (κ3) is 2.62. The second kappa shape index (κ2) is 6.24. The van der Waals surface area contributed by atoms with Gasteiger partial charge < -0.3 is 19.0 Å². The number of aryl methyl sites for hydroxylation is 2. The van der Waals surface area contributed by atoms with Gasteiger partial charge in [0.1, 0.15) is 11.5 Å². The Hall–Kier alpha value is -1.82. The lowest BCUT2D eigenvalue weighted by molar-refractivity contribution is -0.137. The van der Waals surface area contributed by atoms with Crippen LogP contribution in [-0.4, -0.2) is 61.5 Å². The van der Waals surface area contributed by atoms with Crippen LogP contribution in [-0.2, 0) is 9.53 Å². The summed E-state index contributed by atoms with van der Waals surface area (Å²) >= 11 is 0. The Morgan fingerprint density at radius 1 is 1.46 bits per heavy atom. The molecule has 2 amide bonds. The van der Waals surface area contributed by atoms with Crippen molar-refractivity contribution in [1.82, 2.24) is 9.80 Å². The van der Waals surface area contributed by atoms with Crippen LogP contribution < -0.4 is 0 Å². The van der Waals surface area contributed by atoms with Crippen LogP contribution in [0.3, 0.4) is 0 Å². The molecule has 6 heteroatoms. The van der Waals surface area contributed by atoms with Gasteiger partial charge >= 0.3 is 0 Å². The number of hydrogen-bond acceptors (Lipinski definition) is 4. The monoisotopic (exact) mass is 334 g/mol. The smallest absolute Gasteiger partial charge is 0.257 e. The minimum absolute atomic E-state index is 0.0313. The van der Waals surface area contributed by atoms with Gasteiger partial charge in [0.25, 0.3) is 5.91 Å². The number of rotatable bonds is 4. The predicted molar refractivity (Wildman–Crippen MR) is 88.8 cm³/mol. The SMILES string of the molecule is COCCN1CC[C@@]2(CN(C(=O)c3cc(C)oc3C)C[C@@H]2C)C1=O. The van der Waals surface area contributed by atoms with Gasteiger partial charge in [0, 0.05) is 33.3 Å².